The highest BCUT2D eigenvalue weighted by Gasteiger charge is 2.53. The number of hydrogen-bond donors (Lipinski definition) is 0. The molecule has 1 unspecified atom stereocenters. The van der Waals surface area contributed by atoms with Gasteiger partial charge in [-0.2, -0.15) is 0 Å². The van der Waals surface area contributed by atoms with E-state index >= 15 is 0 Å². The first kappa shape index (κ1) is 28.4. The van der Waals surface area contributed by atoms with Gasteiger partial charge in [-0.3, -0.25) is 0 Å². The quantitative estimate of drug-likeness (QED) is 0.212. The standard InChI is InChI=1S/C34H49BrO2Si/c1-23(17-33(2,3)4)21-38(6,7)27-15-29(28-10-8-9-11-31(28)35)32(37-22-36-5)30(16-27)34-18-24-12-25(19-34)14-26(13-24)20-34/h8-11,15-16,23-26H,12-14,17-22H2,1-7H3. The van der Waals surface area contributed by atoms with Gasteiger partial charge < -0.3 is 9.47 Å². The highest BCUT2D eigenvalue weighted by Crippen LogP contribution is 2.62. The minimum atomic E-state index is -1.73. The van der Waals surface area contributed by atoms with Gasteiger partial charge in [0.2, 0.25) is 0 Å². The van der Waals surface area contributed by atoms with Crippen LogP contribution in [0.1, 0.15) is 78.2 Å². The summed E-state index contributed by atoms with van der Waals surface area (Å²) in [4.78, 5) is 0. The van der Waals surface area contributed by atoms with Gasteiger partial charge in [-0.15, -0.1) is 0 Å². The Hall–Kier alpha value is -1.10. The van der Waals surface area contributed by atoms with E-state index in [9.17, 15) is 0 Å². The topological polar surface area (TPSA) is 18.5 Å². The first-order chi connectivity index (χ1) is 17.9. The molecule has 2 nitrogen and oxygen atoms in total. The first-order valence-electron chi connectivity index (χ1n) is 14.9. The Labute approximate surface area is 241 Å². The van der Waals surface area contributed by atoms with Crippen LogP contribution in [0.15, 0.2) is 40.9 Å². The van der Waals surface area contributed by atoms with Gasteiger partial charge in [0.15, 0.2) is 6.79 Å². The lowest BCUT2D eigenvalue weighted by Gasteiger charge is -2.57. The molecule has 0 saturated heterocycles. The van der Waals surface area contributed by atoms with E-state index in [0.29, 0.717) is 12.2 Å². The number of methoxy groups -OCH3 is 1. The maximum Gasteiger partial charge on any atom is 0.188 e. The molecule has 0 aromatic heterocycles. The van der Waals surface area contributed by atoms with Gasteiger partial charge in [0.1, 0.15) is 5.75 Å². The molecule has 38 heavy (non-hydrogen) atoms. The lowest BCUT2D eigenvalue weighted by Crippen LogP contribution is -2.50. The average molecular weight is 598 g/mol. The van der Waals surface area contributed by atoms with E-state index in [2.05, 4.69) is 93.1 Å². The third-order valence-electron chi connectivity index (χ3n) is 9.78. The molecule has 0 aliphatic heterocycles. The zero-order valence-corrected chi connectivity index (χ0v) is 27.4. The minimum absolute atomic E-state index is 0.255. The first-order valence-corrected chi connectivity index (χ1v) is 18.9. The molecule has 2 aromatic rings. The van der Waals surface area contributed by atoms with Gasteiger partial charge in [-0.1, -0.05) is 98.3 Å². The molecule has 4 aliphatic rings. The molecule has 0 spiro atoms. The van der Waals surface area contributed by atoms with Crippen molar-refractivity contribution in [2.45, 2.75) is 97.2 Å². The SMILES string of the molecule is COCOc1c(-c2ccccc2Br)cc([Si](C)(C)CC(C)CC(C)(C)C)cc1C12CC3CC(CC(C3)C1)C2. The molecule has 4 bridgehead atoms. The molecular formula is C34H49BrO2Si. The average Bonchev–Trinajstić information content (AvgIpc) is 2.80. The molecule has 4 saturated carbocycles. The molecule has 1 atom stereocenters. The predicted octanol–water partition coefficient (Wildman–Crippen LogP) is 9.55. The zero-order valence-electron chi connectivity index (χ0n) is 24.8. The van der Waals surface area contributed by atoms with Gasteiger partial charge in [-0.05, 0) is 91.1 Å². The third kappa shape index (κ3) is 5.83. The fourth-order valence-electron chi connectivity index (χ4n) is 9.11. The Morgan fingerprint density at radius 3 is 2.13 bits per heavy atom. The van der Waals surface area contributed by atoms with Crippen LogP contribution in [0.2, 0.25) is 19.1 Å². The van der Waals surface area contributed by atoms with E-state index in [4.69, 9.17) is 9.47 Å². The smallest absolute Gasteiger partial charge is 0.188 e. The summed E-state index contributed by atoms with van der Waals surface area (Å²) < 4.78 is 13.3. The van der Waals surface area contributed by atoms with Crippen LogP contribution in [0.25, 0.3) is 11.1 Å². The molecule has 0 heterocycles. The lowest BCUT2D eigenvalue weighted by atomic mass is 9.48. The van der Waals surface area contributed by atoms with Crippen molar-refractivity contribution in [1.82, 2.24) is 0 Å². The molecule has 2 aromatic carbocycles. The molecule has 6 rings (SSSR count). The number of rotatable bonds is 9. The number of hydrogen-bond acceptors (Lipinski definition) is 2. The van der Waals surface area contributed by atoms with Crippen LogP contribution in [-0.4, -0.2) is 22.0 Å². The highest BCUT2D eigenvalue weighted by atomic mass is 79.9. The Morgan fingerprint density at radius 1 is 0.974 bits per heavy atom. The number of benzene rings is 2. The summed E-state index contributed by atoms with van der Waals surface area (Å²) in [5, 5.41) is 1.60. The van der Waals surface area contributed by atoms with Crippen LogP contribution in [0.4, 0.5) is 0 Å². The predicted molar refractivity (Wildman–Crippen MR) is 167 cm³/mol. The van der Waals surface area contributed by atoms with Crippen molar-refractivity contribution < 1.29 is 9.47 Å². The zero-order chi connectivity index (χ0) is 27.3. The molecular weight excluding hydrogens is 548 g/mol. The molecule has 0 radical (unpaired) electrons. The molecule has 208 valence electrons. The van der Waals surface area contributed by atoms with Crippen LogP contribution in [0, 0.1) is 29.1 Å². The maximum atomic E-state index is 6.60. The summed E-state index contributed by atoms with van der Waals surface area (Å²) in [5.41, 5.74) is 4.61. The van der Waals surface area contributed by atoms with Crippen molar-refractivity contribution in [3.8, 4) is 16.9 Å². The largest absolute Gasteiger partial charge is 0.467 e. The molecule has 0 amide bonds. The Morgan fingerprint density at radius 2 is 1.58 bits per heavy atom. The summed E-state index contributed by atoms with van der Waals surface area (Å²) in [6.45, 7) is 15.1. The Bertz CT molecular complexity index is 1110. The van der Waals surface area contributed by atoms with Gasteiger partial charge in [-0.25, -0.2) is 0 Å². The summed E-state index contributed by atoms with van der Waals surface area (Å²) in [6, 6.07) is 15.2. The van der Waals surface area contributed by atoms with Crippen molar-refractivity contribution in [3.63, 3.8) is 0 Å². The lowest BCUT2D eigenvalue weighted by molar-refractivity contribution is -0.00870. The van der Waals surface area contributed by atoms with Crippen LogP contribution >= 0.6 is 15.9 Å². The normalized spacial score (nSPS) is 27.5. The fraction of sp³-hybridized carbons (Fsp3) is 0.647. The van der Waals surface area contributed by atoms with E-state index in [-0.39, 0.29) is 5.41 Å². The second-order valence-electron chi connectivity index (χ2n) is 15.1. The van der Waals surface area contributed by atoms with Crippen LogP contribution in [0.3, 0.4) is 0 Å². The summed E-state index contributed by atoms with van der Waals surface area (Å²) in [6.07, 6.45) is 9.65. The molecule has 0 N–H and O–H groups in total. The fourth-order valence-corrected chi connectivity index (χ4v) is 12.8. The molecule has 4 heteroatoms. The van der Waals surface area contributed by atoms with Crippen LogP contribution in [-0.2, 0) is 10.2 Å². The van der Waals surface area contributed by atoms with E-state index in [1.165, 1.54) is 67.7 Å². The van der Waals surface area contributed by atoms with Crippen molar-refractivity contribution >= 4 is 29.2 Å². The van der Waals surface area contributed by atoms with Crippen molar-refractivity contribution in [1.29, 1.82) is 0 Å². The number of halogens is 1. The second kappa shape index (κ2) is 10.7. The summed E-state index contributed by atoms with van der Waals surface area (Å²) >= 11 is 3.90. The van der Waals surface area contributed by atoms with Crippen molar-refractivity contribution in [2.24, 2.45) is 29.1 Å². The maximum absolute atomic E-state index is 6.60. The van der Waals surface area contributed by atoms with Gasteiger partial charge in [0.25, 0.3) is 0 Å². The van der Waals surface area contributed by atoms with Crippen molar-refractivity contribution in [3.05, 3.63) is 46.4 Å². The summed E-state index contributed by atoms with van der Waals surface area (Å²) in [5.74, 6) is 4.48. The third-order valence-corrected chi connectivity index (χ3v) is 14.0. The van der Waals surface area contributed by atoms with Gasteiger partial charge >= 0.3 is 0 Å². The van der Waals surface area contributed by atoms with Gasteiger partial charge in [0.05, 0.1) is 8.07 Å². The van der Waals surface area contributed by atoms with E-state index in [0.717, 1.165) is 33.9 Å². The summed E-state index contributed by atoms with van der Waals surface area (Å²) in [7, 11) is 0.0140. The van der Waals surface area contributed by atoms with E-state index < -0.39 is 8.07 Å². The highest BCUT2D eigenvalue weighted by molar-refractivity contribution is 9.10. The van der Waals surface area contributed by atoms with Crippen molar-refractivity contribution in [2.75, 3.05) is 13.9 Å². The Balaban J connectivity index is 1.67. The van der Waals surface area contributed by atoms with E-state index in [1.807, 2.05) is 0 Å². The van der Waals surface area contributed by atoms with E-state index in [1.54, 1.807) is 12.3 Å². The van der Waals surface area contributed by atoms with Crippen LogP contribution in [0.5, 0.6) is 5.75 Å². The monoisotopic (exact) mass is 596 g/mol. The number of ether oxygens (including phenoxy) is 2. The second-order valence-corrected chi connectivity index (χ2v) is 20.7. The Kier molecular flexibility index (Phi) is 8.01. The molecule has 4 aliphatic carbocycles. The molecule has 4 fully saturated rings. The van der Waals surface area contributed by atoms with Crippen LogP contribution < -0.4 is 9.92 Å². The minimum Gasteiger partial charge on any atom is -0.467 e. The van der Waals surface area contributed by atoms with Gasteiger partial charge in [0, 0.05) is 22.7 Å².